The molecule has 2 aromatic carbocycles. The fraction of sp³-hybridized carbons (Fsp3) is 0.278. The highest BCUT2D eigenvalue weighted by Crippen LogP contribution is 2.40. The molecule has 0 aromatic heterocycles. The van der Waals surface area contributed by atoms with Crippen LogP contribution in [0.25, 0.3) is 0 Å². The van der Waals surface area contributed by atoms with Gasteiger partial charge in [0.2, 0.25) is 11.9 Å². The van der Waals surface area contributed by atoms with E-state index in [4.69, 9.17) is 18.9 Å². The second-order valence-electron chi connectivity index (χ2n) is 6.12. The highest BCUT2D eigenvalue weighted by molar-refractivity contribution is 5.95. The summed E-state index contributed by atoms with van der Waals surface area (Å²) in [5, 5.41) is 2.82. The van der Waals surface area contributed by atoms with E-state index in [9.17, 15) is 4.79 Å². The molecule has 24 heavy (non-hydrogen) atoms. The predicted molar refractivity (Wildman–Crippen MR) is 86.8 cm³/mol. The minimum atomic E-state index is -0.707. The maximum absolute atomic E-state index is 12.4. The Bertz CT molecular complexity index is 802. The second kappa shape index (κ2) is 5.33. The lowest BCUT2D eigenvalue weighted by atomic mass is 10.2. The number of para-hydroxylation sites is 2. The van der Waals surface area contributed by atoms with Gasteiger partial charge in [-0.15, -0.1) is 0 Å². The van der Waals surface area contributed by atoms with Gasteiger partial charge in [-0.05, 0) is 24.3 Å². The smallest absolute Gasteiger partial charge is 0.269 e. The molecule has 124 valence electrons. The van der Waals surface area contributed by atoms with Crippen LogP contribution in [0.1, 0.15) is 13.8 Å². The molecule has 0 unspecified atom stereocenters. The van der Waals surface area contributed by atoms with Gasteiger partial charge in [0.1, 0.15) is 6.61 Å². The Kier molecular flexibility index (Phi) is 3.26. The van der Waals surface area contributed by atoms with Crippen molar-refractivity contribution in [1.29, 1.82) is 0 Å². The number of rotatable bonds is 2. The monoisotopic (exact) mass is 327 g/mol. The van der Waals surface area contributed by atoms with Gasteiger partial charge in [-0.2, -0.15) is 0 Å². The highest BCUT2D eigenvalue weighted by Gasteiger charge is 2.32. The summed E-state index contributed by atoms with van der Waals surface area (Å²) in [4.78, 5) is 12.4. The predicted octanol–water partition coefficient (Wildman–Crippen LogP) is 2.97. The molecule has 2 heterocycles. The lowest BCUT2D eigenvalue weighted by Crippen LogP contribution is -2.40. The van der Waals surface area contributed by atoms with Crippen LogP contribution in [0.2, 0.25) is 0 Å². The number of hydrogen-bond acceptors (Lipinski definition) is 5. The molecule has 2 aliphatic heterocycles. The molecule has 2 aromatic rings. The molecule has 0 bridgehead atoms. The van der Waals surface area contributed by atoms with E-state index in [0.717, 1.165) is 0 Å². The SMILES string of the molecule is CC1(C)Oc2ccc(NC(=O)[C@@H]3COc4ccccc4O3)cc2O1. The van der Waals surface area contributed by atoms with E-state index in [1.54, 1.807) is 24.3 Å². The van der Waals surface area contributed by atoms with Crippen molar-refractivity contribution < 1.29 is 23.7 Å². The number of nitrogens with one attached hydrogen (secondary N) is 1. The zero-order valence-corrected chi connectivity index (χ0v) is 13.4. The van der Waals surface area contributed by atoms with E-state index in [0.29, 0.717) is 28.7 Å². The summed E-state index contributed by atoms with van der Waals surface area (Å²) < 4.78 is 22.6. The molecular formula is C18H17NO5. The molecule has 6 heteroatoms. The summed E-state index contributed by atoms with van der Waals surface area (Å²) in [5.41, 5.74) is 0.613. The summed E-state index contributed by atoms with van der Waals surface area (Å²) in [6, 6.07) is 12.5. The van der Waals surface area contributed by atoms with E-state index in [2.05, 4.69) is 5.32 Å². The largest absolute Gasteiger partial charge is 0.485 e. The third-order valence-electron chi connectivity index (χ3n) is 3.72. The molecule has 0 fully saturated rings. The highest BCUT2D eigenvalue weighted by atomic mass is 16.7. The Hall–Kier alpha value is -2.89. The molecule has 2 aliphatic rings. The van der Waals surface area contributed by atoms with Crippen LogP contribution in [0.4, 0.5) is 5.69 Å². The first kappa shape index (κ1) is 14.7. The Morgan fingerprint density at radius 2 is 1.79 bits per heavy atom. The molecule has 0 spiro atoms. The number of ether oxygens (including phenoxy) is 4. The third kappa shape index (κ3) is 2.71. The van der Waals surface area contributed by atoms with Crippen LogP contribution in [0.15, 0.2) is 42.5 Å². The fourth-order valence-corrected chi connectivity index (χ4v) is 2.67. The summed E-state index contributed by atoms with van der Waals surface area (Å²) in [5.74, 6) is 1.49. The molecule has 0 saturated carbocycles. The Morgan fingerprint density at radius 3 is 2.62 bits per heavy atom. The molecule has 1 atom stereocenters. The van der Waals surface area contributed by atoms with Gasteiger partial charge in [-0.25, -0.2) is 0 Å². The van der Waals surface area contributed by atoms with Crippen LogP contribution in [0.3, 0.4) is 0 Å². The standard InChI is InChI=1S/C18H17NO5/c1-18(2)23-14-8-7-11(9-15(14)24-18)19-17(20)16-10-21-12-5-3-4-6-13(12)22-16/h3-9,16H,10H2,1-2H3,(H,19,20)/t16-/m0/s1. The van der Waals surface area contributed by atoms with Crippen LogP contribution in [-0.2, 0) is 4.79 Å². The number of hydrogen-bond donors (Lipinski definition) is 1. The van der Waals surface area contributed by atoms with Gasteiger partial charge in [-0.3, -0.25) is 4.79 Å². The van der Waals surface area contributed by atoms with Gasteiger partial charge >= 0.3 is 0 Å². The van der Waals surface area contributed by atoms with Crippen LogP contribution in [0.5, 0.6) is 23.0 Å². The molecule has 6 nitrogen and oxygen atoms in total. The number of anilines is 1. The zero-order valence-electron chi connectivity index (χ0n) is 13.4. The van der Waals surface area contributed by atoms with E-state index in [-0.39, 0.29) is 12.5 Å². The minimum absolute atomic E-state index is 0.167. The fourth-order valence-electron chi connectivity index (χ4n) is 2.67. The normalized spacial score (nSPS) is 19.7. The second-order valence-corrected chi connectivity index (χ2v) is 6.12. The number of fused-ring (bicyclic) bond motifs is 2. The number of carbonyl (C=O) groups is 1. The van der Waals surface area contributed by atoms with Crippen molar-refractivity contribution in [2.24, 2.45) is 0 Å². The Morgan fingerprint density at radius 1 is 1.04 bits per heavy atom. The van der Waals surface area contributed by atoms with Gasteiger partial charge in [-0.1, -0.05) is 12.1 Å². The van der Waals surface area contributed by atoms with Crippen molar-refractivity contribution in [1.82, 2.24) is 0 Å². The van der Waals surface area contributed by atoms with Crippen LogP contribution in [0, 0.1) is 0 Å². The van der Waals surface area contributed by atoms with E-state index in [1.807, 2.05) is 32.0 Å². The van der Waals surface area contributed by atoms with Gasteiger partial charge < -0.3 is 24.3 Å². The summed E-state index contributed by atoms with van der Waals surface area (Å²) in [6.07, 6.45) is -0.707. The maximum atomic E-state index is 12.4. The average molecular weight is 327 g/mol. The third-order valence-corrected chi connectivity index (χ3v) is 3.72. The topological polar surface area (TPSA) is 66.0 Å². The zero-order chi connectivity index (χ0) is 16.7. The van der Waals surface area contributed by atoms with Crippen molar-refractivity contribution in [3.05, 3.63) is 42.5 Å². The van der Waals surface area contributed by atoms with Crippen LogP contribution < -0.4 is 24.3 Å². The van der Waals surface area contributed by atoms with Crippen LogP contribution in [-0.4, -0.2) is 24.4 Å². The molecule has 0 radical (unpaired) electrons. The van der Waals surface area contributed by atoms with Gasteiger partial charge in [0.05, 0.1) is 0 Å². The average Bonchev–Trinajstić information content (AvgIpc) is 2.87. The van der Waals surface area contributed by atoms with Crippen molar-refractivity contribution in [3.63, 3.8) is 0 Å². The van der Waals surface area contributed by atoms with Crippen molar-refractivity contribution in [2.75, 3.05) is 11.9 Å². The van der Waals surface area contributed by atoms with E-state index >= 15 is 0 Å². The van der Waals surface area contributed by atoms with E-state index in [1.165, 1.54) is 0 Å². The van der Waals surface area contributed by atoms with Crippen molar-refractivity contribution >= 4 is 11.6 Å². The number of benzene rings is 2. The first-order valence-corrected chi connectivity index (χ1v) is 7.72. The van der Waals surface area contributed by atoms with Gasteiger partial charge in [0, 0.05) is 25.6 Å². The Balaban J connectivity index is 1.46. The first-order valence-electron chi connectivity index (χ1n) is 7.72. The summed E-state index contributed by atoms with van der Waals surface area (Å²) in [7, 11) is 0. The van der Waals surface area contributed by atoms with Gasteiger partial charge in [0.25, 0.3) is 5.91 Å². The maximum Gasteiger partial charge on any atom is 0.269 e. The summed E-state index contributed by atoms with van der Waals surface area (Å²) in [6.45, 7) is 3.83. The Labute approximate surface area is 139 Å². The molecule has 1 amide bonds. The quantitative estimate of drug-likeness (QED) is 0.918. The van der Waals surface area contributed by atoms with Crippen LogP contribution >= 0.6 is 0 Å². The number of carbonyl (C=O) groups excluding carboxylic acids is 1. The summed E-state index contributed by atoms with van der Waals surface area (Å²) >= 11 is 0. The first-order chi connectivity index (χ1) is 11.5. The molecule has 1 N–H and O–H groups in total. The van der Waals surface area contributed by atoms with E-state index < -0.39 is 11.9 Å². The van der Waals surface area contributed by atoms with Crippen molar-refractivity contribution in [3.8, 4) is 23.0 Å². The van der Waals surface area contributed by atoms with Crippen molar-refractivity contribution in [2.45, 2.75) is 25.7 Å². The van der Waals surface area contributed by atoms with Gasteiger partial charge in [0.15, 0.2) is 23.0 Å². The minimum Gasteiger partial charge on any atom is -0.485 e. The number of amides is 1. The molecular weight excluding hydrogens is 310 g/mol. The molecule has 0 saturated heterocycles. The molecule has 4 rings (SSSR count). The molecule has 0 aliphatic carbocycles. The lowest BCUT2D eigenvalue weighted by Gasteiger charge is -2.25. The lowest BCUT2D eigenvalue weighted by molar-refractivity contribution is -0.125.